The molecule has 1 fully saturated rings. The Balaban J connectivity index is 1.47. The summed E-state index contributed by atoms with van der Waals surface area (Å²) in [5.41, 5.74) is 0.527. The van der Waals surface area contributed by atoms with Crippen LogP contribution >= 0.6 is 11.8 Å². The fourth-order valence-corrected chi connectivity index (χ4v) is 3.95. The van der Waals surface area contributed by atoms with E-state index >= 15 is 0 Å². The van der Waals surface area contributed by atoms with Crippen LogP contribution in [0.15, 0.2) is 34.9 Å². The second-order valence-electron chi connectivity index (χ2n) is 7.04. The van der Waals surface area contributed by atoms with Crippen molar-refractivity contribution in [1.82, 2.24) is 10.5 Å². The first-order valence-electron chi connectivity index (χ1n) is 9.38. The number of nitrogens with one attached hydrogen (secondary N) is 2. The van der Waals surface area contributed by atoms with Gasteiger partial charge in [-0.15, -0.1) is 11.8 Å². The number of hydrogen-bond donors (Lipinski definition) is 2. The lowest BCUT2D eigenvalue weighted by atomic mass is 9.74. The van der Waals surface area contributed by atoms with Gasteiger partial charge in [0.1, 0.15) is 11.6 Å². The number of amides is 2. The Hall–Kier alpha value is -2.39. The van der Waals surface area contributed by atoms with Gasteiger partial charge in [-0.3, -0.25) is 9.59 Å². The maximum absolute atomic E-state index is 13.7. The number of nitrogens with zero attached hydrogens (tertiary/aromatic N) is 1. The van der Waals surface area contributed by atoms with E-state index in [1.54, 1.807) is 19.1 Å². The number of halogens is 1. The number of benzene rings is 1. The summed E-state index contributed by atoms with van der Waals surface area (Å²) < 4.78 is 24.1. The summed E-state index contributed by atoms with van der Waals surface area (Å²) in [6.45, 7) is 3.28. The zero-order valence-corrected chi connectivity index (χ0v) is 17.0. The first kappa shape index (κ1) is 21.3. The van der Waals surface area contributed by atoms with Gasteiger partial charge in [0.05, 0.1) is 11.5 Å². The quantitative estimate of drug-likeness (QED) is 0.681. The van der Waals surface area contributed by atoms with Crippen LogP contribution in [0, 0.1) is 12.7 Å². The molecule has 0 aliphatic carbocycles. The Labute approximate surface area is 172 Å². The average molecular weight is 421 g/mol. The first-order valence-corrected chi connectivity index (χ1v) is 10.5. The van der Waals surface area contributed by atoms with Crippen LogP contribution in [0.2, 0.25) is 0 Å². The van der Waals surface area contributed by atoms with Crippen molar-refractivity contribution in [2.75, 3.05) is 36.6 Å². The van der Waals surface area contributed by atoms with Gasteiger partial charge in [0, 0.05) is 31.2 Å². The molecule has 3 rings (SSSR count). The number of anilines is 1. The number of aromatic nitrogens is 1. The van der Waals surface area contributed by atoms with E-state index in [9.17, 15) is 14.0 Å². The van der Waals surface area contributed by atoms with Gasteiger partial charge in [0.2, 0.25) is 11.8 Å². The Morgan fingerprint density at radius 1 is 1.21 bits per heavy atom. The van der Waals surface area contributed by atoms with E-state index in [2.05, 4.69) is 15.8 Å². The molecular weight excluding hydrogens is 397 g/mol. The first-order chi connectivity index (χ1) is 14.0. The van der Waals surface area contributed by atoms with Crippen molar-refractivity contribution in [1.29, 1.82) is 0 Å². The van der Waals surface area contributed by atoms with Crippen molar-refractivity contribution in [2.45, 2.75) is 25.2 Å². The molecule has 1 aliphatic rings. The van der Waals surface area contributed by atoms with Crippen molar-refractivity contribution in [3.63, 3.8) is 0 Å². The third kappa shape index (κ3) is 6.04. The molecule has 2 amide bonds. The summed E-state index contributed by atoms with van der Waals surface area (Å²) in [7, 11) is 0. The summed E-state index contributed by atoms with van der Waals surface area (Å²) in [6, 6.07) is 8.15. The molecule has 0 atom stereocenters. The lowest BCUT2D eigenvalue weighted by Crippen LogP contribution is -2.45. The molecule has 2 heterocycles. The SMILES string of the molecule is Cc1cc(NC(=O)CSCC(=O)NCC2(c3cccc(F)c3)CCOCC2)no1. The third-order valence-electron chi connectivity index (χ3n) is 4.87. The van der Waals surface area contributed by atoms with Gasteiger partial charge in [-0.2, -0.15) is 0 Å². The molecule has 0 unspecified atom stereocenters. The topological polar surface area (TPSA) is 93.5 Å². The summed E-state index contributed by atoms with van der Waals surface area (Å²) >= 11 is 1.21. The molecule has 29 heavy (non-hydrogen) atoms. The van der Waals surface area contributed by atoms with Crippen LogP contribution in [-0.4, -0.2) is 48.2 Å². The average Bonchev–Trinajstić information content (AvgIpc) is 3.11. The van der Waals surface area contributed by atoms with Crippen LogP contribution in [0.25, 0.3) is 0 Å². The van der Waals surface area contributed by atoms with E-state index in [-0.39, 0.29) is 34.6 Å². The maximum Gasteiger partial charge on any atom is 0.235 e. The Morgan fingerprint density at radius 2 is 1.97 bits per heavy atom. The minimum Gasteiger partial charge on any atom is -0.381 e. The van der Waals surface area contributed by atoms with E-state index in [1.807, 2.05) is 6.07 Å². The number of carbonyl (C=O) groups excluding carboxylic acids is 2. The van der Waals surface area contributed by atoms with Gasteiger partial charge in [0.25, 0.3) is 0 Å². The number of thioether (sulfide) groups is 1. The van der Waals surface area contributed by atoms with Crippen molar-refractivity contribution >= 4 is 29.4 Å². The van der Waals surface area contributed by atoms with E-state index < -0.39 is 0 Å². The lowest BCUT2D eigenvalue weighted by molar-refractivity contribution is -0.119. The van der Waals surface area contributed by atoms with Crippen LogP contribution in [0.5, 0.6) is 0 Å². The van der Waals surface area contributed by atoms with E-state index in [0.29, 0.717) is 44.2 Å². The van der Waals surface area contributed by atoms with Gasteiger partial charge in [-0.25, -0.2) is 4.39 Å². The lowest BCUT2D eigenvalue weighted by Gasteiger charge is -2.38. The van der Waals surface area contributed by atoms with Crippen LogP contribution in [0.3, 0.4) is 0 Å². The van der Waals surface area contributed by atoms with Gasteiger partial charge in [-0.1, -0.05) is 17.3 Å². The second-order valence-corrected chi connectivity index (χ2v) is 8.03. The van der Waals surface area contributed by atoms with E-state index in [0.717, 1.165) is 5.56 Å². The Kier molecular flexibility index (Phi) is 7.27. The highest BCUT2D eigenvalue weighted by Gasteiger charge is 2.35. The normalized spacial score (nSPS) is 15.7. The van der Waals surface area contributed by atoms with Crippen LogP contribution in [0.4, 0.5) is 10.2 Å². The number of ether oxygens (including phenoxy) is 1. The molecule has 2 N–H and O–H groups in total. The number of carbonyl (C=O) groups is 2. The molecule has 9 heteroatoms. The van der Waals surface area contributed by atoms with Gasteiger partial charge in [-0.05, 0) is 37.5 Å². The molecule has 0 radical (unpaired) electrons. The molecule has 1 aliphatic heterocycles. The predicted octanol–water partition coefficient (Wildman–Crippen LogP) is 2.66. The van der Waals surface area contributed by atoms with Gasteiger partial charge >= 0.3 is 0 Å². The zero-order chi connectivity index (χ0) is 20.7. The number of aryl methyl sites for hydroxylation is 1. The minimum atomic E-state index is -0.344. The van der Waals surface area contributed by atoms with Crippen molar-refractivity contribution in [3.8, 4) is 0 Å². The van der Waals surface area contributed by atoms with Gasteiger partial charge < -0.3 is 19.9 Å². The standard InChI is InChI=1S/C20H24FN3O4S/c1-14-9-17(24-28-14)23-19(26)12-29-11-18(25)22-13-20(5-7-27-8-6-20)15-3-2-4-16(21)10-15/h2-4,9-10H,5-8,11-13H2,1H3,(H,22,25)(H,23,24,26). The molecule has 0 saturated carbocycles. The van der Waals surface area contributed by atoms with Crippen LogP contribution in [0.1, 0.15) is 24.2 Å². The molecule has 0 spiro atoms. The molecule has 1 saturated heterocycles. The molecule has 0 bridgehead atoms. The number of rotatable bonds is 8. The Morgan fingerprint density at radius 3 is 2.66 bits per heavy atom. The summed E-state index contributed by atoms with van der Waals surface area (Å²) in [5.74, 6) is 0.535. The minimum absolute atomic E-state index is 0.127. The summed E-state index contributed by atoms with van der Waals surface area (Å²) in [6.07, 6.45) is 1.42. The maximum atomic E-state index is 13.7. The molecule has 2 aromatic rings. The molecular formula is C20H24FN3O4S. The molecule has 1 aromatic heterocycles. The Bertz CT molecular complexity index is 852. The highest BCUT2D eigenvalue weighted by molar-refractivity contribution is 8.00. The van der Waals surface area contributed by atoms with Crippen molar-refractivity contribution in [3.05, 3.63) is 47.5 Å². The van der Waals surface area contributed by atoms with Crippen LogP contribution in [-0.2, 0) is 19.7 Å². The summed E-state index contributed by atoms with van der Waals surface area (Å²) in [4.78, 5) is 24.2. The third-order valence-corrected chi connectivity index (χ3v) is 5.81. The van der Waals surface area contributed by atoms with Crippen molar-refractivity contribution in [2.24, 2.45) is 0 Å². The second kappa shape index (κ2) is 9.89. The highest BCUT2D eigenvalue weighted by Crippen LogP contribution is 2.34. The zero-order valence-electron chi connectivity index (χ0n) is 16.2. The van der Waals surface area contributed by atoms with E-state index in [1.165, 1.54) is 23.9 Å². The van der Waals surface area contributed by atoms with E-state index in [4.69, 9.17) is 9.26 Å². The monoisotopic (exact) mass is 421 g/mol. The highest BCUT2D eigenvalue weighted by atomic mass is 32.2. The van der Waals surface area contributed by atoms with Gasteiger partial charge in [0.15, 0.2) is 5.82 Å². The molecule has 156 valence electrons. The molecule has 1 aromatic carbocycles. The smallest absolute Gasteiger partial charge is 0.235 e. The van der Waals surface area contributed by atoms with Crippen LogP contribution < -0.4 is 10.6 Å². The number of hydrogen-bond acceptors (Lipinski definition) is 6. The van der Waals surface area contributed by atoms with Crippen molar-refractivity contribution < 1.29 is 23.2 Å². The summed E-state index contributed by atoms with van der Waals surface area (Å²) in [5, 5.41) is 9.24. The predicted molar refractivity (Wildman–Crippen MR) is 108 cm³/mol. The fourth-order valence-electron chi connectivity index (χ4n) is 3.31. The largest absolute Gasteiger partial charge is 0.381 e. The fraction of sp³-hybridized carbons (Fsp3) is 0.450. The molecule has 7 nitrogen and oxygen atoms in total.